The van der Waals surface area contributed by atoms with E-state index in [0.717, 1.165) is 11.0 Å². The Bertz CT molecular complexity index is 1240. The van der Waals surface area contributed by atoms with Crippen molar-refractivity contribution in [3.63, 3.8) is 0 Å². The molecule has 3 aromatic rings. The minimum absolute atomic E-state index is 0.156. The molecule has 0 bridgehead atoms. The Morgan fingerprint density at radius 2 is 2.15 bits per heavy atom. The summed E-state index contributed by atoms with van der Waals surface area (Å²) in [5, 5.41) is 3.45. The number of methoxy groups -OCH3 is 2. The highest BCUT2D eigenvalue weighted by atomic mass is 35.5. The maximum Gasteiger partial charge on any atom is 0.145 e. The summed E-state index contributed by atoms with van der Waals surface area (Å²) in [5.41, 5.74) is 3.33. The van der Waals surface area contributed by atoms with E-state index >= 15 is 4.39 Å². The van der Waals surface area contributed by atoms with Gasteiger partial charge in [-0.15, -0.1) is 0 Å². The van der Waals surface area contributed by atoms with Gasteiger partial charge in [0.1, 0.15) is 42.0 Å². The van der Waals surface area contributed by atoms with Crippen molar-refractivity contribution in [2.45, 2.75) is 25.2 Å². The molecule has 1 aromatic carbocycles. The molecular formula is C25H26ClFN4O3. The highest BCUT2D eigenvalue weighted by molar-refractivity contribution is 6.30. The second kappa shape index (κ2) is 10.4. The first-order valence-corrected chi connectivity index (χ1v) is 11.1. The molecule has 2 aromatic heterocycles. The number of fused-ring (bicyclic) bond motifs is 1. The van der Waals surface area contributed by atoms with Crippen LogP contribution in [0.5, 0.6) is 0 Å². The van der Waals surface area contributed by atoms with Gasteiger partial charge in [-0.1, -0.05) is 30.3 Å². The number of H-pyrrole nitrogens is 1. The van der Waals surface area contributed by atoms with Crippen molar-refractivity contribution in [2.75, 3.05) is 26.6 Å². The number of hydrogen-bond donors (Lipinski definition) is 2. The average molecular weight is 485 g/mol. The number of aromatic nitrogens is 3. The van der Waals surface area contributed by atoms with Gasteiger partial charge in [0, 0.05) is 51.1 Å². The second-order valence-electron chi connectivity index (χ2n) is 7.78. The lowest BCUT2D eigenvalue weighted by atomic mass is 9.89. The topological polar surface area (TPSA) is 81.3 Å². The predicted molar refractivity (Wildman–Crippen MR) is 131 cm³/mol. The number of nitrogens with one attached hydrogen (secondary N) is 2. The number of ether oxygens (including phenoxy) is 3. The van der Waals surface area contributed by atoms with E-state index in [4.69, 9.17) is 25.8 Å². The minimum atomic E-state index is -0.738. The van der Waals surface area contributed by atoms with Crippen molar-refractivity contribution in [1.29, 1.82) is 0 Å². The number of hydrogen-bond acceptors (Lipinski definition) is 6. The van der Waals surface area contributed by atoms with E-state index < -0.39 is 18.0 Å². The molecule has 0 spiro atoms. The lowest BCUT2D eigenvalue weighted by Crippen LogP contribution is -2.27. The average Bonchev–Trinajstić information content (AvgIpc) is 3.27. The molecule has 178 valence electrons. The molecule has 2 atom stereocenters. The Morgan fingerprint density at radius 3 is 2.85 bits per heavy atom. The number of pyridine rings is 1. The van der Waals surface area contributed by atoms with Gasteiger partial charge in [0.05, 0.1) is 16.1 Å². The van der Waals surface area contributed by atoms with E-state index in [2.05, 4.69) is 26.8 Å². The molecule has 9 heteroatoms. The van der Waals surface area contributed by atoms with Crippen LogP contribution >= 0.6 is 11.6 Å². The van der Waals surface area contributed by atoms with Crippen LogP contribution < -0.4 is 5.32 Å². The van der Waals surface area contributed by atoms with Gasteiger partial charge >= 0.3 is 0 Å². The number of anilines is 1. The first-order chi connectivity index (χ1) is 16.4. The van der Waals surface area contributed by atoms with Crippen LogP contribution in [0.4, 0.5) is 10.2 Å². The van der Waals surface area contributed by atoms with Crippen LogP contribution in [0.15, 0.2) is 66.3 Å². The molecule has 4 rings (SSSR count). The quantitative estimate of drug-likeness (QED) is 0.422. The first kappa shape index (κ1) is 23.9. The van der Waals surface area contributed by atoms with E-state index in [1.165, 1.54) is 19.4 Å². The fourth-order valence-corrected chi connectivity index (χ4v) is 4.18. The van der Waals surface area contributed by atoms with E-state index in [1.807, 2.05) is 24.3 Å². The fourth-order valence-electron chi connectivity index (χ4n) is 4.02. The summed E-state index contributed by atoms with van der Waals surface area (Å²) >= 11 is 6.14. The molecule has 0 saturated heterocycles. The molecule has 0 saturated carbocycles. The van der Waals surface area contributed by atoms with Crippen LogP contribution in [0.25, 0.3) is 16.6 Å². The molecule has 0 radical (unpaired) electrons. The molecule has 1 aliphatic rings. The van der Waals surface area contributed by atoms with Gasteiger partial charge in [0.2, 0.25) is 0 Å². The molecule has 7 nitrogen and oxygen atoms in total. The Balaban J connectivity index is 1.58. The largest absolute Gasteiger partial charge is 0.487 e. The Labute approximate surface area is 202 Å². The first-order valence-electron chi connectivity index (χ1n) is 10.7. The molecule has 0 aliphatic heterocycles. The summed E-state index contributed by atoms with van der Waals surface area (Å²) < 4.78 is 32.5. The fraction of sp³-hybridized carbons (Fsp3) is 0.280. The summed E-state index contributed by atoms with van der Waals surface area (Å²) in [4.78, 5) is 12.0. The monoisotopic (exact) mass is 484 g/mol. The predicted octanol–water partition coefficient (Wildman–Crippen LogP) is 5.42. The zero-order valence-corrected chi connectivity index (χ0v) is 19.9. The van der Waals surface area contributed by atoms with Gasteiger partial charge in [0.25, 0.3) is 0 Å². The molecule has 0 fully saturated rings. The summed E-state index contributed by atoms with van der Waals surface area (Å²) in [6.45, 7) is 4.31. The normalized spacial score (nSPS) is 17.0. The van der Waals surface area contributed by atoms with Gasteiger partial charge in [-0.3, -0.25) is 0 Å². The van der Waals surface area contributed by atoms with Crippen LogP contribution in [0.3, 0.4) is 0 Å². The zero-order chi connectivity index (χ0) is 24.2. The van der Waals surface area contributed by atoms with Crippen molar-refractivity contribution in [2.24, 2.45) is 0 Å². The molecule has 2 heterocycles. The van der Waals surface area contributed by atoms with Gasteiger partial charge in [-0.2, -0.15) is 0 Å². The minimum Gasteiger partial charge on any atom is -0.487 e. The third kappa shape index (κ3) is 4.84. The van der Waals surface area contributed by atoms with Crippen molar-refractivity contribution in [3.05, 3.63) is 82.8 Å². The van der Waals surface area contributed by atoms with Crippen LogP contribution in [-0.4, -0.2) is 48.4 Å². The van der Waals surface area contributed by atoms with E-state index in [0.29, 0.717) is 39.1 Å². The Morgan fingerprint density at radius 1 is 1.35 bits per heavy atom. The SMILES string of the molecule is C=C(c1cc(Cl)cnc1NC)C(OC)C1=C(F)C=C(OCc2nc3ccccc3[nH]2)C(OC)C1. The highest BCUT2D eigenvalue weighted by Gasteiger charge is 2.32. The van der Waals surface area contributed by atoms with Gasteiger partial charge < -0.3 is 24.5 Å². The Kier molecular flexibility index (Phi) is 7.31. The number of benzene rings is 1. The van der Waals surface area contributed by atoms with Crippen LogP contribution in [0.1, 0.15) is 17.8 Å². The molecule has 2 unspecified atom stereocenters. The highest BCUT2D eigenvalue weighted by Crippen LogP contribution is 2.37. The van der Waals surface area contributed by atoms with Gasteiger partial charge in [-0.25, -0.2) is 14.4 Å². The number of imidazole rings is 1. The number of halogens is 2. The molecule has 2 N–H and O–H groups in total. The van der Waals surface area contributed by atoms with E-state index in [1.54, 1.807) is 20.2 Å². The van der Waals surface area contributed by atoms with Gasteiger partial charge in [0.15, 0.2) is 0 Å². The number of allylic oxidation sites excluding steroid dienone is 2. The van der Waals surface area contributed by atoms with Crippen LogP contribution in [-0.2, 0) is 20.8 Å². The Hall–Kier alpha value is -3.20. The molecule has 0 amide bonds. The molecule has 34 heavy (non-hydrogen) atoms. The molecule has 1 aliphatic carbocycles. The zero-order valence-electron chi connectivity index (χ0n) is 19.2. The van der Waals surface area contributed by atoms with Crippen molar-refractivity contribution in [3.8, 4) is 0 Å². The smallest absolute Gasteiger partial charge is 0.145 e. The number of rotatable bonds is 9. The summed E-state index contributed by atoms with van der Waals surface area (Å²) in [6.07, 6.45) is 1.87. The van der Waals surface area contributed by atoms with Crippen molar-refractivity contribution >= 4 is 34.0 Å². The summed E-state index contributed by atoms with van der Waals surface area (Å²) in [5.74, 6) is 1.14. The standard InChI is InChI=1S/C25H26ClFN4O3/c1-14(16-9-15(26)12-29-25(16)28-2)24(33-4)17-10-21(32-3)22(11-18(17)27)34-13-23-30-19-7-5-6-8-20(19)31-23/h5-9,11-12,21,24H,1,10,13H2,2-4H3,(H,28,29)(H,30,31). The van der Waals surface area contributed by atoms with E-state index in [-0.39, 0.29) is 13.0 Å². The molecular weight excluding hydrogens is 459 g/mol. The van der Waals surface area contributed by atoms with Crippen molar-refractivity contribution in [1.82, 2.24) is 15.0 Å². The lowest BCUT2D eigenvalue weighted by molar-refractivity contribution is 0.0483. The number of aromatic amines is 1. The van der Waals surface area contributed by atoms with Crippen molar-refractivity contribution < 1.29 is 18.6 Å². The summed E-state index contributed by atoms with van der Waals surface area (Å²) in [6, 6.07) is 9.41. The maximum absolute atomic E-state index is 15.3. The number of para-hydroxylation sites is 2. The van der Waals surface area contributed by atoms with Gasteiger partial charge in [-0.05, 0) is 23.8 Å². The van der Waals surface area contributed by atoms with Crippen LogP contribution in [0, 0.1) is 0 Å². The maximum atomic E-state index is 15.3. The second-order valence-corrected chi connectivity index (χ2v) is 8.21. The number of nitrogens with zero attached hydrogens (tertiary/aromatic N) is 2. The third-order valence-electron chi connectivity index (χ3n) is 5.70. The van der Waals surface area contributed by atoms with Crippen LogP contribution in [0.2, 0.25) is 5.02 Å². The third-order valence-corrected chi connectivity index (χ3v) is 5.91. The summed E-state index contributed by atoms with van der Waals surface area (Å²) in [7, 11) is 4.80. The van der Waals surface area contributed by atoms with E-state index in [9.17, 15) is 0 Å². The lowest BCUT2D eigenvalue weighted by Gasteiger charge is -2.29.